The van der Waals surface area contributed by atoms with E-state index in [1.807, 2.05) is 0 Å². The summed E-state index contributed by atoms with van der Waals surface area (Å²) in [4.78, 5) is 10.7. The first-order valence-corrected chi connectivity index (χ1v) is 20.5. The van der Waals surface area contributed by atoms with Gasteiger partial charge in [-0.2, -0.15) is 0 Å². The second-order valence-electron chi connectivity index (χ2n) is 15.8. The lowest BCUT2D eigenvalue weighted by atomic mass is 9.92. The van der Waals surface area contributed by atoms with Gasteiger partial charge in [0.15, 0.2) is 5.82 Å². The Morgan fingerprint density at radius 3 is 1.44 bits per heavy atom. The van der Waals surface area contributed by atoms with Crippen LogP contribution < -0.4 is 0 Å². The SMILES string of the molecule is CC1C=CC(c2ccc(-c3cc(-c4cccc(-c5cc6ccccc6c6ccccc56)c4)nc(-c4cccc(-c5cc6ccccc6c6ccccc56)c4)n3)cc2)=CC1. The maximum Gasteiger partial charge on any atom is 0.160 e. The van der Waals surface area contributed by atoms with E-state index >= 15 is 0 Å². The molecule has 10 aromatic rings. The minimum absolute atomic E-state index is 0.577. The average Bonchev–Trinajstić information content (AvgIpc) is 3.31. The number of hydrogen-bond acceptors (Lipinski definition) is 2. The van der Waals surface area contributed by atoms with Crippen LogP contribution in [0.25, 0.3) is 105 Å². The molecule has 278 valence electrons. The number of nitrogens with zero attached hydrogens (tertiary/aromatic N) is 2. The molecule has 0 aliphatic heterocycles. The lowest BCUT2D eigenvalue weighted by Gasteiger charge is -2.14. The molecular weight excluding hydrogens is 713 g/mol. The third-order valence-electron chi connectivity index (χ3n) is 12.0. The highest BCUT2D eigenvalue weighted by molar-refractivity contribution is 6.15. The van der Waals surface area contributed by atoms with Crippen molar-refractivity contribution in [3.8, 4) is 56.2 Å². The lowest BCUT2D eigenvalue weighted by molar-refractivity contribution is 0.739. The van der Waals surface area contributed by atoms with Crippen molar-refractivity contribution < 1.29 is 0 Å². The van der Waals surface area contributed by atoms with Crippen LogP contribution in [-0.2, 0) is 0 Å². The van der Waals surface area contributed by atoms with Crippen LogP contribution in [0.15, 0.2) is 206 Å². The molecule has 1 heterocycles. The van der Waals surface area contributed by atoms with E-state index in [0.717, 1.165) is 45.6 Å². The molecule has 0 saturated carbocycles. The fourth-order valence-corrected chi connectivity index (χ4v) is 8.91. The summed E-state index contributed by atoms with van der Waals surface area (Å²) in [6.07, 6.45) is 7.96. The summed E-state index contributed by atoms with van der Waals surface area (Å²) >= 11 is 0. The van der Waals surface area contributed by atoms with Crippen molar-refractivity contribution >= 4 is 48.7 Å². The molecule has 0 spiro atoms. The smallest absolute Gasteiger partial charge is 0.160 e. The second kappa shape index (κ2) is 14.5. The van der Waals surface area contributed by atoms with Crippen molar-refractivity contribution in [2.24, 2.45) is 5.92 Å². The molecule has 1 unspecified atom stereocenters. The Bertz CT molecular complexity index is 3130. The summed E-state index contributed by atoms with van der Waals surface area (Å²) in [5.74, 6) is 1.27. The fourth-order valence-electron chi connectivity index (χ4n) is 8.91. The largest absolute Gasteiger partial charge is 0.228 e. The molecule has 0 amide bonds. The van der Waals surface area contributed by atoms with E-state index < -0.39 is 0 Å². The Labute approximate surface area is 344 Å². The summed E-state index contributed by atoms with van der Waals surface area (Å²) in [6.45, 7) is 2.26. The van der Waals surface area contributed by atoms with Crippen molar-refractivity contribution in [3.63, 3.8) is 0 Å². The van der Waals surface area contributed by atoms with Gasteiger partial charge in [-0.25, -0.2) is 9.97 Å². The second-order valence-corrected chi connectivity index (χ2v) is 15.8. The molecule has 2 nitrogen and oxygen atoms in total. The monoisotopic (exact) mass is 752 g/mol. The molecule has 0 bridgehead atoms. The molecule has 0 fully saturated rings. The summed E-state index contributed by atoms with van der Waals surface area (Å²) in [7, 11) is 0. The highest BCUT2D eigenvalue weighted by Crippen LogP contribution is 2.39. The molecule has 0 saturated heterocycles. The van der Waals surface area contributed by atoms with E-state index in [4.69, 9.17) is 9.97 Å². The summed E-state index contributed by atoms with van der Waals surface area (Å²) in [6, 6.07) is 68.0. The minimum Gasteiger partial charge on any atom is -0.228 e. The maximum absolute atomic E-state index is 5.36. The molecule has 1 atom stereocenters. The molecular formula is C57H40N2. The molecule has 9 aromatic carbocycles. The zero-order valence-corrected chi connectivity index (χ0v) is 32.8. The number of rotatable bonds is 6. The minimum atomic E-state index is 0.577. The van der Waals surface area contributed by atoms with E-state index in [0.29, 0.717) is 11.7 Å². The topological polar surface area (TPSA) is 25.8 Å². The fraction of sp³-hybridized carbons (Fsp3) is 0.0526. The highest BCUT2D eigenvalue weighted by Gasteiger charge is 2.16. The molecule has 1 aliphatic rings. The zero-order valence-electron chi connectivity index (χ0n) is 32.8. The van der Waals surface area contributed by atoms with Gasteiger partial charge in [0.25, 0.3) is 0 Å². The molecule has 1 aliphatic carbocycles. The Kier molecular flexibility index (Phi) is 8.56. The van der Waals surface area contributed by atoms with Crippen LogP contribution in [0.3, 0.4) is 0 Å². The first kappa shape index (κ1) is 34.8. The van der Waals surface area contributed by atoms with Gasteiger partial charge in [0, 0.05) is 16.7 Å². The maximum atomic E-state index is 5.36. The predicted molar refractivity (Wildman–Crippen MR) is 250 cm³/mol. The number of benzene rings is 9. The lowest BCUT2D eigenvalue weighted by Crippen LogP contribution is -1.97. The van der Waals surface area contributed by atoms with Crippen LogP contribution in [0.2, 0.25) is 0 Å². The van der Waals surface area contributed by atoms with Gasteiger partial charge in [0.2, 0.25) is 0 Å². The van der Waals surface area contributed by atoms with Crippen LogP contribution in [-0.4, -0.2) is 9.97 Å². The van der Waals surface area contributed by atoms with Crippen molar-refractivity contribution in [2.75, 3.05) is 0 Å². The Hall–Kier alpha value is -7.42. The molecule has 2 heteroatoms. The normalized spacial score (nSPS) is 14.0. The van der Waals surface area contributed by atoms with Gasteiger partial charge in [0.05, 0.1) is 11.4 Å². The van der Waals surface area contributed by atoms with Gasteiger partial charge in [-0.05, 0) is 119 Å². The van der Waals surface area contributed by atoms with Crippen molar-refractivity contribution in [1.82, 2.24) is 9.97 Å². The van der Waals surface area contributed by atoms with E-state index in [-0.39, 0.29) is 0 Å². The third-order valence-corrected chi connectivity index (χ3v) is 12.0. The van der Waals surface area contributed by atoms with Crippen LogP contribution >= 0.6 is 0 Å². The van der Waals surface area contributed by atoms with Crippen molar-refractivity contribution in [3.05, 3.63) is 212 Å². The standard InChI is InChI=1S/C57H40N2/c1-37-24-26-38(27-25-37)39-28-30-40(31-29-39)55-36-56(45-16-10-14-41(32-45)53-34-43-12-2-4-18-47(43)49-20-6-8-22-51(49)53)59-57(58-55)46-17-11-15-42(33-46)54-35-44-13-3-5-19-48(44)50-21-7-9-23-52(50)54/h2-24,26-37H,25H2,1H3. The number of fused-ring (bicyclic) bond motifs is 6. The first-order valence-electron chi connectivity index (χ1n) is 20.5. The van der Waals surface area contributed by atoms with E-state index in [1.165, 1.54) is 65.4 Å². The van der Waals surface area contributed by atoms with Gasteiger partial charge in [-0.1, -0.05) is 183 Å². The van der Waals surface area contributed by atoms with Crippen LogP contribution in [0.5, 0.6) is 0 Å². The van der Waals surface area contributed by atoms with E-state index in [1.54, 1.807) is 0 Å². The van der Waals surface area contributed by atoms with Gasteiger partial charge in [0.1, 0.15) is 0 Å². The molecule has 0 N–H and O–H groups in total. The van der Waals surface area contributed by atoms with E-state index in [9.17, 15) is 0 Å². The van der Waals surface area contributed by atoms with Crippen molar-refractivity contribution in [1.29, 1.82) is 0 Å². The first-order chi connectivity index (χ1) is 29.1. The van der Waals surface area contributed by atoms with Gasteiger partial charge in [-0.3, -0.25) is 0 Å². The van der Waals surface area contributed by atoms with E-state index in [2.05, 4.69) is 213 Å². The molecule has 59 heavy (non-hydrogen) atoms. The van der Waals surface area contributed by atoms with Gasteiger partial charge >= 0.3 is 0 Å². The van der Waals surface area contributed by atoms with Crippen LogP contribution in [0, 0.1) is 5.92 Å². The number of hydrogen-bond donors (Lipinski definition) is 0. The zero-order chi connectivity index (χ0) is 39.3. The average molecular weight is 753 g/mol. The van der Waals surface area contributed by atoms with Crippen LogP contribution in [0.4, 0.5) is 0 Å². The van der Waals surface area contributed by atoms with Crippen molar-refractivity contribution in [2.45, 2.75) is 13.3 Å². The van der Waals surface area contributed by atoms with Crippen LogP contribution in [0.1, 0.15) is 18.9 Å². The Balaban J connectivity index is 1.06. The highest BCUT2D eigenvalue weighted by atomic mass is 14.9. The van der Waals surface area contributed by atoms with Gasteiger partial charge in [-0.15, -0.1) is 0 Å². The Morgan fingerprint density at radius 1 is 0.390 bits per heavy atom. The molecule has 1 aromatic heterocycles. The number of allylic oxidation sites excluding steroid dienone is 4. The van der Waals surface area contributed by atoms with Gasteiger partial charge < -0.3 is 0 Å². The quantitative estimate of drug-likeness (QED) is 0.158. The predicted octanol–water partition coefficient (Wildman–Crippen LogP) is 15.4. The summed E-state index contributed by atoms with van der Waals surface area (Å²) < 4.78 is 0. The third kappa shape index (κ3) is 6.40. The number of aromatic nitrogens is 2. The summed E-state index contributed by atoms with van der Waals surface area (Å²) in [5, 5.41) is 9.97. The molecule has 0 radical (unpaired) electrons. The summed E-state index contributed by atoms with van der Waals surface area (Å²) in [5.41, 5.74) is 12.0. The Morgan fingerprint density at radius 2 is 0.864 bits per heavy atom. The molecule has 11 rings (SSSR count).